The first-order chi connectivity index (χ1) is 13.5. The van der Waals surface area contributed by atoms with Crippen molar-refractivity contribution in [1.82, 2.24) is 9.80 Å². The number of hydrogen-bond acceptors (Lipinski definition) is 4. The van der Waals surface area contributed by atoms with Crippen LogP contribution in [0.25, 0.3) is 5.57 Å². The van der Waals surface area contributed by atoms with Crippen molar-refractivity contribution in [3.05, 3.63) is 77.3 Å². The quantitative estimate of drug-likeness (QED) is 0.828. The molecule has 0 aromatic heterocycles. The molecule has 4 rings (SSSR count). The van der Waals surface area contributed by atoms with E-state index in [0.717, 1.165) is 19.6 Å². The Morgan fingerprint density at radius 1 is 0.929 bits per heavy atom. The molecule has 2 heterocycles. The predicted molar refractivity (Wildman–Crippen MR) is 103 cm³/mol. The van der Waals surface area contributed by atoms with E-state index in [1.54, 1.807) is 0 Å². The van der Waals surface area contributed by atoms with Gasteiger partial charge in [-0.25, -0.2) is 4.39 Å². The van der Waals surface area contributed by atoms with Crippen molar-refractivity contribution in [2.24, 2.45) is 0 Å². The van der Waals surface area contributed by atoms with Crippen molar-refractivity contribution in [1.29, 1.82) is 0 Å². The fourth-order valence-corrected chi connectivity index (χ4v) is 3.92. The van der Waals surface area contributed by atoms with E-state index >= 15 is 0 Å². The van der Waals surface area contributed by atoms with E-state index in [9.17, 15) is 19.1 Å². The van der Waals surface area contributed by atoms with Crippen molar-refractivity contribution in [2.75, 3.05) is 13.1 Å². The number of nitrogens with zero attached hydrogens (tertiary/aromatic N) is 2. The van der Waals surface area contributed by atoms with E-state index in [2.05, 4.69) is 17.0 Å². The van der Waals surface area contributed by atoms with E-state index in [0.29, 0.717) is 18.4 Å². The van der Waals surface area contributed by atoms with Gasteiger partial charge in [-0.05, 0) is 36.1 Å². The highest BCUT2D eigenvalue weighted by Crippen LogP contribution is 2.32. The number of likely N-dealkylation sites (tertiary alicyclic amines) is 1. The molecule has 6 heteroatoms. The van der Waals surface area contributed by atoms with Gasteiger partial charge in [0.1, 0.15) is 5.82 Å². The van der Waals surface area contributed by atoms with Crippen LogP contribution in [0, 0.1) is 5.82 Å². The molecule has 0 spiro atoms. The monoisotopic (exact) mass is 380 g/mol. The average Bonchev–Trinajstić information content (AvgIpc) is 2.93. The van der Waals surface area contributed by atoms with Gasteiger partial charge in [-0.1, -0.05) is 42.5 Å². The maximum Gasteiger partial charge on any atom is 0.296 e. The minimum absolute atomic E-state index is 0.0447. The van der Waals surface area contributed by atoms with Crippen molar-refractivity contribution >= 4 is 17.4 Å². The lowest BCUT2D eigenvalue weighted by Gasteiger charge is -2.35. The summed E-state index contributed by atoms with van der Waals surface area (Å²) in [6.07, 6.45) is 1.32. The van der Waals surface area contributed by atoms with Crippen LogP contribution in [-0.2, 0) is 16.1 Å². The van der Waals surface area contributed by atoms with Gasteiger partial charge in [0, 0.05) is 25.7 Å². The van der Waals surface area contributed by atoms with Crippen LogP contribution in [0.4, 0.5) is 4.39 Å². The van der Waals surface area contributed by atoms with Gasteiger partial charge < -0.3 is 5.11 Å². The Morgan fingerprint density at radius 2 is 1.57 bits per heavy atom. The molecule has 0 saturated carbocycles. The maximum absolute atomic E-state index is 13.2. The van der Waals surface area contributed by atoms with Crippen LogP contribution in [0.15, 0.2) is 60.4 Å². The van der Waals surface area contributed by atoms with Crippen LogP contribution in [-0.4, -0.2) is 45.9 Å². The highest BCUT2D eigenvalue weighted by molar-refractivity contribution is 6.35. The van der Waals surface area contributed by atoms with Gasteiger partial charge in [0.05, 0.1) is 5.57 Å². The summed E-state index contributed by atoms with van der Waals surface area (Å²) in [5.41, 5.74) is 1.53. The third-order valence-corrected chi connectivity index (χ3v) is 5.39. The third kappa shape index (κ3) is 3.43. The third-order valence-electron chi connectivity index (χ3n) is 5.39. The number of benzene rings is 2. The second-order valence-corrected chi connectivity index (χ2v) is 7.20. The minimum atomic E-state index is -0.661. The van der Waals surface area contributed by atoms with Gasteiger partial charge in [-0.2, -0.15) is 0 Å². The van der Waals surface area contributed by atoms with E-state index in [4.69, 9.17) is 0 Å². The molecule has 0 unspecified atom stereocenters. The minimum Gasteiger partial charge on any atom is -0.502 e. The fraction of sp³-hybridized carbons (Fsp3) is 0.273. The van der Waals surface area contributed by atoms with Gasteiger partial charge in [-0.15, -0.1) is 0 Å². The summed E-state index contributed by atoms with van der Waals surface area (Å²) in [6.45, 7) is 2.37. The van der Waals surface area contributed by atoms with Crippen LogP contribution in [0.5, 0.6) is 0 Å². The van der Waals surface area contributed by atoms with Gasteiger partial charge >= 0.3 is 0 Å². The molecule has 1 saturated heterocycles. The molecule has 0 atom stereocenters. The Kier molecular flexibility index (Phi) is 4.96. The first kappa shape index (κ1) is 18.4. The number of aliphatic hydroxyl groups is 1. The zero-order valence-corrected chi connectivity index (χ0v) is 15.3. The zero-order valence-electron chi connectivity index (χ0n) is 15.3. The van der Waals surface area contributed by atoms with E-state index < -0.39 is 23.4 Å². The lowest BCUT2D eigenvalue weighted by Crippen LogP contribution is -2.47. The fourth-order valence-electron chi connectivity index (χ4n) is 3.92. The molecule has 1 N–H and O–H groups in total. The summed E-state index contributed by atoms with van der Waals surface area (Å²) in [4.78, 5) is 28.9. The largest absolute Gasteiger partial charge is 0.502 e. The van der Waals surface area contributed by atoms with Gasteiger partial charge in [0.2, 0.25) is 0 Å². The van der Waals surface area contributed by atoms with Gasteiger partial charge in [0.15, 0.2) is 5.76 Å². The van der Waals surface area contributed by atoms with E-state index in [1.165, 1.54) is 34.7 Å². The van der Waals surface area contributed by atoms with Crippen molar-refractivity contribution in [2.45, 2.75) is 25.4 Å². The summed E-state index contributed by atoms with van der Waals surface area (Å²) in [5.74, 6) is -2.16. The summed E-state index contributed by atoms with van der Waals surface area (Å²) in [6, 6.07) is 15.1. The highest BCUT2D eigenvalue weighted by atomic mass is 19.1. The average molecular weight is 380 g/mol. The number of rotatable bonds is 4. The Morgan fingerprint density at radius 3 is 2.21 bits per heavy atom. The molecule has 144 valence electrons. The number of halogens is 1. The second kappa shape index (κ2) is 7.56. The molecular formula is C22H21FN2O3. The molecule has 1 fully saturated rings. The van der Waals surface area contributed by atoms with E-state index in [-0.39, 0.29) is 11.6 Å². The molecular weight excluding hydrogens is 359 g/mol. The number of aliphatic hydroxyl groups excluding tert-OH is 1. The lowest BCUT2D eigenvalue weighted by molar-refractivity contribution is -0.141. The predicted octanol–water partition coefficient (Wildman–Crippen LogP) is 3.13. The van der Waals surface area contributed by atoms with Crippen LogP contribution >= 0.6 is 0 Å². The molecule has 2 aromatic rings. The molecule has 0 radical (unpaired) electrons. The number of carbonyl (C=O) groups excluding carboxylic acids is 2. The second-order valence-electron chi connectivity index (χ2n) is 7.20. The van der Waals surface area contributed by atoms with Crippen molar-refractivity contribution in [3.63, 3.8) is 0 Å². The molecule has 2 aromatic carbocycles. The maximum atomic E-state index is 13.2. The molecule has 28 heavy (non-hydrogen) atoms. The van der Waals surface area contributed by atoms with Crippen LogP contribution in [0.2, 0.25) is 0 Å². The zero-order chi connectivity index (χ0) is 19.7. The number of hydrogen-bond donors (Lipinski definition) is 1. The van der Waals surface area contributed by atoms with E-state index in [1.807, 2.05) is 18.2 Å². The number of amides is 2. The Hall–Kier alpha value is -2.99. The topological polar surface area (TPSA) is 60.9 Å². The normalized spacial score (nSPS) is 19.0. The Labute approximate surface area is 162 Å². The lowest BCUT2D eigenvalue weighted by atomic mass is 10.0. The van der Waals surface area contributed by atoms with Gasteiger partial charge in [0.25, 0.3) is 11.8 Å². The van der Waals surface area contributed by atoms with Crippen LogP contribution < -0.4 is 0 Å². The summed E-state index contributed by atoms with van der Waals surface area (Å²) < 4.78 is 13.2. The molecule has 0 aliphatic carbocycles. The summed E-state index contributed by atoms with van der Waals surface area (Å²) in [7, 11) is 0. The molecule has 0 bridgehead atoms. The molecule has 5 nitrogen and oxygen atoms in total. The molecule has 2 aliphatic heterocycles. The van der Waals surface area contributed by atoms with Gasteiger partial charge in [-0.3, -0.25) is 19.4 Å². The number of piperidine rings is 1. The first-order valence-electron chi connectivity index (χ1n) is 9.38. The van der Waals surface area contributed by atoms with Crippen LogP contribution in [0.1, 0.15) is 24.0 Å². The molecule has 2 aliphatic rings. The first-order valence-corrected chi connectivity index (χ1v) is 9.38. The SMILES string of the molecule is O=C1C(O)=C(c2ccc(F)cc2)C(=O)N1C1CCN(Cc2ccccc2)CC1. The van der Waals surface area contributed by atoms with Crippen LogP contribution in [0.3, 0.4) is 0 Å². The number of imide groups is 1. The Balaban J connectivity index is 1.44. The van der Waals surface area contributed by atoms with Crippen molar-refractivity contribution < 1.29 is 19.1 Å². The summed E-state index contributed by atoms with van der Waals surface area (Å²) >= 11 is 0. The highest BCUT2D eigenvalue weighted by Gasteiger charge is 2.43. The smallest absolute Gasteiger partial charge is 0.296 e. The number of carbonyl (C=O) groups is 2. The standard InChI is InChI=1S/C22H21FN2O3/c23-17-8-6-16(7-9-17)19-20(26)22(28)25(21(19)27)18-10-12-24(13-11-18)14-15-4-2-1-3-5-15/h1-9,18,26H,10-14H2. The molecule has 2 amide bonds. The Bertz CT molecular complexity index is 917. The summed E-state index contributed by atoms with van der Waals surface area (Å²) in [5, 5.41) is 10.3. The van der Waals surface area contributed by atoms with Crippen molar-refractivity contribution in [3.8, 4) is 0 Å².